The van der Waals surface area contributed by atoms with Gasteiger partial charge < -0.3 is 19.8 Å². The van der Waals surface area contributed by atoms with Crippen LogP contribution in [0.2, 0.25) is 0 Å². The van der Waals surface area contributed by atoms with Crippen LogP contribution in [0.1, 0.15) is 34.2 Å². The second kappa shape index (κ2) is 9.39. The molecule has 0 aliphatic carbocycles. The van der Waals surface area contributed by atoms with Crippen LogP contribution in [0.3, 0.4) is 0 Å². The summed E-state index contributed by atoms with van der Waals surface area (Å²) in [5, 5.41) is 5.55. The third-order valence-electron chi connectivity index (χ3n) is 5.14. The second-order valence-electron chi connectivity index (χ2n) is 7.58. The first-order valence-electron chi connectivity index (χ1n) is 10.4. The number of rotatable bonds is 6. The fourth-order valence-electron chi connectivity index (χ4n) is 3.32. The van der Waals surface area contributed by atoms with Crippen LogP contribution in [0, 0.1) is 6.92 Å². The van der Waals surface area contributed by atoms with Gasteiger partial charge in [-0.3, -0.25) is 9.59 Å². The Bertz CT molecular complexity index is 1170. The zero-order valence-electron chi connectivity index (χ0n) is 17.9. The van der Waals surface area contributed by atoms with Gasteiger partial charge in [0.15, 0.2) is 0 Å². The third kappa shape index (κ3) is 4.98. The molecule has 2 amide bonds. The summed E-state index contributed by atoms with van der Waals surface area (Å²) in [6, 6.07) is 18.4. The highest BCUT2D eigenvalue weighted by atomic mass is 16.5. The summed E-state index contributed by atoms with van der Waals surface area (Å²) < 4.78 is 11.3. The monoisotopic (exact) mass is 428 g/mol. The minimum Gasteiger partial charge on any atom is -0.485 e. The molecule has 6 heteroatoms. The van der Waals surface area contributed by atoms with Gasteiger partial charge in [-0.15, -0.1) is 0 Å². The predicted octanol–water partition coefficient (Wildman–Crippen LogP) is 4.38. The van der Waals surface area contributed by atoms with Crippen molar-refractivity contribution in [3.63, 3.8) is 0 Å². The highest BCUT2D eigenvalue weighted by Gasteiger charge is 2.21. The van der Waals surface area contributed by atoms with Gasteiger partial charge in [-0.05, 0) is 61.9 Å². The van der Waals surface area contributed by atoms with Crippen LogP contribution in [0.5, 0.6) is 5.75 Å². The summed E-state index contributed by atoms with van der Waals surface area (Å²) in [5.74, 6) is 0.610. The molecule has 0 saturated carbocycles. The van der Waals surface area contributed by atoms with Crippen LogP contribution in [0.15, 0.2) is 88.7 Å². The Balaban J connectivity index is 1.61. The van der Waals surface area contributed by atoms with Gasteiger partial charge >= 0.3 is 0 Å². The van der Waals surface area contributed by atoms with Gasteiger partial charge in [0, 0.05) is 11.1 Å². The SMILES string of the molecule is Cc1ccc(C(=O)N/C(=C\C2=Cc3ccccc3O[C@@H]2C)C(=O)NCc2ccco2)cc1. The first-order valence-corrected chi connectivity index (χ1v) is 10.4. The maximum Gasteiger partial charge on any atom is 0.268 e. The smallest absolute Gasteiger partial charge is 0.268 e. The van der Waals surface area contributed by atoms with Crippen molar-refractivity contribution in [1.29, 1.82) is 0 Å². The summed E-state index contributed by atoms with van der Waals surface area (Å²) in [7, 11) is 0. The van der Waals surface area contributed by atoms with E-state index in [-0.39, 0.29) is 24.3 Å². The van der Waals surface area contributed by atoms with Crippen LogP contribution in [0.25, 0.3) is 6.08 Å². The van der Waals surface area contributed by atoms with Crippen molar-refractivity contribution in [2.75, 3.05) is 0 Å². The molecule has 6 nitrogen and oxygen atoms in total. The molecule has 1 aromatic heterocycles. The fraction of sp³-hybridized carbons (Fsp3) is 0.154. The summed E-state index contributed by atoms with van der Waals surface area (Å²) in [5.41, 5.74) is 3.33. The number of fused-ring (bicyclic) bond motifs is 1. The molecule has 0 saturated heterocycles. The topological polar surface area (TPSA) is 80.6 Å². The zero-order valence-corrected chi connectivity index (χ0v) is 17.9. The lowest BCUT2D eigenvalue weighted by Crippen LogP contribution is -2.35. The number of nitrogens with one attached hydrogen (secondary N) is 2. The Morgan fingerprint density at radius 2 is 1.81 bits per heavy atom. The molecular weight excluding hydrogens is 404 g/mol. The number of carbonyl (C=O) groups excluding carboxylic acids is 2. The normalized spacial score (nSPS) is 15.2. The Morgan fingerprint density at radius 3 is 2.56 bits per heavy atom. The molecule has 1 aliphatic rings. The number of para-hydroxylation sites is 1. The molecule has 2 aromatic carbocycles. The van der Waals surface area contributed by atoms with Crippen LogP contribution < -0.4 is 15.4 Å². The van der Waals surface area contributed by atoms with E-state index in [4.69, 9.17) is 9.15 Å². The average Bonchev–Trinajstić information content (AvgIpc) is 3.31. The van der Waals surface area contributed by atoms with E-state index < -0.39 is 5.91 Å². The fourth-order valence-corrected chi connectivity index (χ4v) is 3.32. The van der Waals surface area contributed by atoms with E-state index in [0.717, 1.165) is 22.4 Å². The van der Waals surface area contributed by atoms with Crippen molar-refractivity contribution < 1.29 is 18.7 Å². The lowest BCUT2D eigenvalue weighted by Gasteiger charge is -2.23. The van der Waals surface area contributed by atoms with E-state index in [9.17, 15) is 9.59 Å². The van der Waals surface area contributed by atoms with Gasteiger partial charge in [0.1, 0.15) is 23.3 Å². The number of amides is 2. The van der Waals surface area contributed by atoms with Gasteiger partial charge in [-0.2, -0.15) is 0 Å². The summed E-state index contributed by atoms with van der Waals surface area (Å²) in [6.07, 6.45) is 4.88. The van der Waals surface area contributed by atoms with Gasteiger partial charge in [-0.25, -0.2) is 0 Å². The van der Waals surface area contributed by atoms with Crippen molar-refractivity contribution in [3.8, 4) is 5.75 Å². The Morgan fingerprint density at radius 1 is 1.03 bits per heavy atom. The number of hydrogen-bond acceptors (Lipinski definition) is 4. The van der Waals surface area contributed by atoms with Crippen LogP contribution >= 0.6 is 0 Å². The summed E-state index contributed by atoms with van der Waals surface area (Å²) in [6.45, 7) is 4.06. The first-order chi connectivity index (χ1) is 15.5. The average molecular weight is 428 g/mol. The Hall–Kier alpha value is -4.06. The highest BCUT2D eigenvalue weighted by molar-refractivity contribution is 6.03. The molecule has 0 fully saturated rings. The second-order valence-corrected chi connectivity index (χ2v) is 7.58. The molecule has 0 unspecified atom stereocenters. The van der Waals surface area contributed by atoms with E-state index in [1.165, 1.54) is 0 Å². The van der Waals surface area contributed by atoms with E-state index in [2.05, 4.69) is 10.6 Å². The van der Waals surface area contributed by atoms with E-state index in [1.807, 2.05) is 56.3 Å². The number of ether oxygens (including phenoxy) is 1. The predicted molar refractivity (Wildman–Crippen MR) is 122 cm³/mol. The summed E-state index contributed by atoms with van der Waals surface area (Å²) in [4.78, 5) is 25.8. The van der Waals surface area contributed by atoms with Crippen molar-refractivity contribution >= 4 is 17.9 Å². The number of hydrogen-bond donors (Lipinski definition) is 2. The number of aryl methyl sites for hydroxylation is 1. The van der Waals surface area contributed by atoms with E-state index in [0.29, 0.717) is 11.3 Å². The van der Waals surface area contributed by atoms with Gasteiger partial charge in [0.25, 0.3) is 11.8 Å². The molecular formula is C26H24N2O4. The number of furan rings is 1. The van der Waals surface area contributed by atoms with Crippen LogP contribution in [-0.4, -0.2) is 17.9 Å². The molecule has 0 radical (unpaired) electrons. The van der Waals surface area contributed by atoms with Crippen molar-refractivity contribution in [2.24, 2.45) is 0 Å². The van der Waals surface area contributed by atoms with Gasteiger partial charge in [0.2, 0.25) is 0 Å². The lowest BCUT2D eigenvalue weighted by molar-refractivity contribution is -0.118. The third-order valence-corrected chi connectivity index (χ3v) is 5.14. The van der Waals surface area contributed by atoms with Crippen molar-refractivity contribution in [3.05, 3.63) is 107 Å². The van der Waals surface area contributed by atoms with Crippen molar-refractivity contribution in [2.45, 2.75) is 26.5 Å². The first kappa shape index (κ1) is 21.2. The maximum atomic E-state index is 13.0. The molecule has 0 spiro atoms. The number of carbonyl (C=O) groups is 2. The largest absolute Gasteiger partial charge is 0.485 e. The van der Waals surface area contributed by atoms with E-state index >= 15 is 0 Å². The molecule has 4 rings (SSSR count). The quantitative estimate of drug-likeness (QED) is 0.571. The minimum atomic E-state index is -0.422. The molecule has 0 bridgehead atoms. The molecule has 3 aromatic rings. The molecule has 1 atom stereocenters. The molecule has 162 valence electrons. The maximum absolute atomic E-state index is 13.0. The molecule has 2 N–H and O–H groups in total. The highest BCUT2D eigenvalue weighted by Crippen LogP contribution is 2.30. The van der Waals surface area contributed by atoms with Gasteiger partial charge in [0.05, 0.1) is 12.8 Å². The number of benzene rings is 2. The standard InChI is InChI=1S/C26H24N2O4/c1-17-9-11-19(12-10-17)25(29)28-23(26(30)27-16-22-7-5-13-31-22)15-21-14-20-6-3-4-8-24(20)32-18(21)2/h3-15,18H,16H2,1-2H3,(H,27,30)(H,28,29)/b23-15-/t18-/m1/s1. The van der Waals surface area contributed by atoms with Crippen LogP contribution in [0.4, 0.5) is 0 Å². The van der Waals surface area contributed by atoms with Crippen molar-refractivity contribution in [1.82, 2.24) is 10.6 Å². The minimum absolute atomic E-state index is 0.128. The zero-order chi connectivity index (χ0) is 22.5. The molecule has 32 heavy (non-hydrogen) atoms. The van der Waals surface area contributed by atoms with E-state index in [1.54, 1.807) is 36.6 Å². The van der Waals surface area contributed by atoms with Crippen LogP contribution in [-0.2, 0) is 11.3 Å². The lowest BCUT2D eigenvalue weighted by atomic mass is 10.0. The van der Waals surface area contributed by atoms with Gasteiger partial charge in [-0.1, -0.05) is 35.9 Å². The Labute approximate surface area is 186 Å². The molecule has 1 aliphatic heterocycles. The molecule has 2 heterocycles. The Kier molecular flexibility index (Phi) is 6.22. The summed E-state index contributed by atoms with van der Waals surface area (Å²) >= 11 is 0.